The predicted octanol–water partition coefficient (Wildman–Crippen LogP) is 1.69. The molecule has 1 rings (SSSR count). The summed E-state index contributed by atoms with van der Waals surface area (Å²) in [7, 11) is 0. The Kier molecular flexibility index (Phi) is 4.47. The van der Waals surface area contributed by atoms with Crippen LogP contribution in [0.1, 0.15) is 27.2 Å². The second kappa shape index (κ2) is 5.49. The van der Waals surface area contributed by atoms with Gasteiger partial charge in [0, 0.05) is 25.2 Å². The van der Waals surface area contributed by atoms with E-state index in [0.29, 0.717) is 19.6 Å². The summed E-state index contributed by atoms with van der Waals surface area (Å²) in [5.74, 6) is -1.65. The molecule has 0 spiro atoms. The third-order valence-corrected chi connectivity index (χ3v) is 3.25. The van der Waals surface area contributed by atoms with Crippen molar-refractivity contribution in [3.8, 4) is 6.07 Å². The first-order valence-electron chi connectivity index (χ1n) is 6.04. The van der Waals surface area contributed by atoms with Gasteiger partial charge < -0.3 is 4.90 Å². The van der Waals surface area contributed by atoms with Crippen molar-refractivity contribution in [3.05, 3.63) is 12.4 Å². The van der Waals surface area contributed by atoms with E-state index in [9.17, 15) is 9.18 Å². The quantitative estimate of drug-likeness (QED) is 0.704. The number of nitriles is 1. The van der Waals surface area contributed by atoms with Crippen molar-refractivity contribution >= 4 is 5.91 Å². The molecule has 0 aromatic carbocycles. The monoisotopic (exact) mass is 253 g/mol. The number of piperazine rings is 1. The zero-order chi connectivity index (χ0) is 13.9. The normalized spacial score (nSPS) is 21.5. The molecule has 5 heteroatoms. The van der Waals surface area contributed by atoms with Crippen LogP contribution in [0.25, 0.3) is 0 Å². The molecule has 0 bridgehead atoms. The minimum atomic E-state index is -0.956. The van der Waals surface area contributed by atoms with Gasteiger partial charge in [-0.3, -0.25) is 9.69 Å². The van der Waals surface area contributed by atoms with Gasteiger partial charge in [0.25, 0.3) is 5.91 Å². The zero-order valence-corrected chi connectivity index (χ0v) is 11.2. The summed E-state index contributed by atoms with van der Waals surface area (Å²) in [6, 6.07) is 1.80. The molecule has 0 unspecified atom stereocenters. The first kappa shape index (κ1) is 14.7. The van der Waals surface area contributed by atoms with Crippen LogP contribution < -0.4 is 0 Å². The first-order valence-corrected chi connectivity index (χ1v) is 6.04. The number of halogens is 1. The zero-order valence-electron chi connectivity index (χ0n) is 11.2. The van der Waals surface area contributed by atoms with Crippen molar-refractivity contribution in [1.82, 2.24) is 9.80 Å². The van der Waals surface area contributed by atoms with E-state index in [1.807, 2.05) is 0 Å². The lowest BCUT2D eigenvalue weighted by molar-refractivity contribution is -0.134. The van der Waals surface area contributed by atoms with Gasteiger partial charge in [0.1, 0.15) is 0 Å². The van der Waals surface area contributed by atoms with Gasteiger partial charge in [-0.1, -0.05) is 6.58 Å². The van der Waals surface area contributed by atoms with Gasteiger partial charge in [0.15, 0.2) is 5.83 Å². The van der Waals surface area contributed by atoms with Crippen molar-refractivity contribution < 1.29 is 9.18 Å². The van der Waals surface area contributed by atoms with E-state index in [0.717, 1.165) is 0 Å². The Morgan fingerprint density at radius 1 is 1.50 bits per heavy atom. The molecule has 1 saturated heterocycles. The van der Waals surface area contributed by atoms with E-state index >= 15 is 0 Å². The van der Waals surface area contributed by atoms with Crippen molar-refractivity contribution in [2.75, 3.05) is 19.6 Å². The smallest absolute Gasteiger partial charge is 0.282 e. The maximum absolute atomic E-state index is 12.9. The molecule has 1 aliphatic rings. The summed E-state index contributed by atoms with van der Waals surface area (Å²) in [6.45, 7) is 11.0. The number of amides is 1. The summed E-state index contributed by atoms with van der Waals surface area (Å²) in [5.41, 5.74) is -0.0183. The lowest BCUT2D eigenvalue weighted by Gasteiger charge is -2.46. The number of nitrogens with zero attached hydrogens (tertiary/aromatic N) is 3. The molecule has 1 aliphatic heterocycles. The fourth-order valence-electron chi connectivity index (χ4n) is 2.17. The highest BCUT2D eigenvalue weighted by Gasteiger charge is 2.35. The van der Waals surface area contributed by atoms with Gasteiger partial charge in [0.2, 0.25) is 0 Å². The molecular weight excluding hydrogens is 233 g/mol. The molecule has 0 aliphatic carbocycles. The topological polar surface area (TPSA) is 47.3 Å². The molecule has 1 atom stereocenters. The van der Waals surface area contributed by atoms with Gasteiger partial charge in [-0.2, -0.15) is 5.26 Å². The third kappa shape index (κ3) is 3.30. The molecule has 4 nitrogen and oxygen atoms in total. The molecular formula is C13H20FN3O. The number of rotatable bonds is 2. The average Bonchev–Trinajstić information content (AvgIpc) is 2.27. The maximum Gasteiger partial charge on any atom is 0.282 e. The Bertz CT molecular complexity index is 381. The van der Waals surface area contributed by atoms with E-state index in [2.05, 4.69) is 38.3 Å². The van der Waals surface area contributed by atoms with Crippen LogP contribution in [0.4, 0.5) is 4.39 Å². The van der Waals surface area contributed by atoms with Crippen LogP contribution in [0, 0.1) is 11.3 Å². The lowest BCUT2D eigenvalue weighted by atomic mass is 10.0. The molecule has 1 amide bonds. The van der Waals surface area contributed by atoms with E-state index in [-0.39, 0.29) is 18.0 Å². The lowest BCUT2D eigenvalue weighted by Crippen LogP contribution is -2.59. The molecule has 1 fully saturated rings. The fraction of sp³-hybridized carbons (Fsp3) is 0.692. The summed E-state index contributed by atoms with van der Waals surface area (Å²) in [5, 5.41) is 8.82. The Balaban J connectivity index is 2.82. The second-order valence-corrected chi connectivity index (χ2v) is 5.54. The molecule has 1 heterocycles. The van der Waals surface area contributed by atoms with Gasteiger partial charge in [-0.05, 0) is 20.8 Å². The van der Waals surface area contributed by atoms with Crippen LogP contribution in [0.3, 0.4) is 0 Å². The van der Waals surface area contributed by atoms with Crippen molar-refractivity contribution in [2.24, 2.45) is 0 Å². The minimum absolute atomic E-state index is 0.0183. The molecule has 0 aromatic rings. The summed E-state index contributed by atoms with van der Waals surface area (Å²) in [4.78, 5) is 15.3. The summed E-state index contributed by atoms with van der Waals surface area (Å²) >= 11 is 0. The van der Waals surface area contributed by atoms with Crippen molar-refractivity contribution in [3.63, 3.8) is 0 Å². The highest BCUT2D eigenvalue weighted by atomic mass is 19.1. The van der Waals surface area contributed by atoms with Crippen LogP contribution in [-0.2, 0) is 4.79 Å². The van der Waals surface area contributed by atoms with Crippen LogP contribution in [0.2, 0.25) is 0 Å². The van der Waals surface area contributed by atoms with Gasteiger partial charge >= 0.3 is 0 Å². The first-order chi connectivity index (χ1) is 8.27. The maximum atomic E-state index is 12.9. The second-order valence-electron chi connectivity index (χ2n) is 5.54. The molecule has 0 saturated carbocycles. The predicted molar refractivity (Wildman–Crippen MR) is 67.3 cm³/mol. The van der Waals surface area contributed by atoms with Crippen LogP contribution in [-0.4, -0.2) is 46.9 Å². The van der Waals surface area contributed by atoms with E-state index < -0.39 is 11.7 Å². The minimum Gasteiger partial charge on any atom is -0.330 e. The Hall–Kier alpha value is -1.41. The van der Waals surface area contributed by atoms with Gasteiger partial charge in [-0.15, -0.1) is 0 Å². The molecule has 100 valence electrons. The number of hydrogen-bond donors (Lipinski definition) is 0. The Morgan fingerprint density at radius 2 is 2.11 bits per heavy atom. The van der Waals surface area contributed by atoms with Gasteiger partial charge in [0.05, 0.1) is 18.5 Å². The third-order valence-electron chi connectivity index (χ3n) is 3.25. The van der Waals surface area contributed by atoms with E-state index in [1.54, 1.807) is 0 Å². The standard InChI is InChI=1S/C13H20FN3O/c1-10(14)12(18)17-8-7-16(13(2,3)4)9-11(17)5-6-15/h11H,1,5,7-9H2,2-4H3/t11-/m0/s1. The number of carbonyl (C=O) groups is 1. The Labute approximate surface area is 108 Å². The largest absolute Gasteiger partial charge is 0.330 e. The highest BCUT2D eigenvalue weighted by Crippen LogP contribution is 2.22. The van der Waals surface area contributed by atoms with Crippen molar-refractivity contribution in [2.45, 2.75) is 38.8 Å². The van der Waals surface area contributed by atoms with Gasteiger partial charge in [-0.25, -0.2) is 4.39 Å². The van der Waals surface area contributed by atoms with Crippen LogP contribution in [0.5, 0.6) is 0 Å². The number of carbonyl (C=O) groups excluding carboxylic acids is 1. The molecule has 0 aromatic heterocycles. The Morgan fingerprint density at radius 3 is 2.56 bits per heavy atom. The van der Waals surface area contributed by atoms with Crippen molar-refractivity contribution in [1.29, 1.82) is 5.26 Å². The molecule has 18 heavy (non-hydrogen) atoms. The molecule has 0 N–H and O–H groups in total. The average molecular weight is 253 g/mol. The highest BCUT2D eigenvalue weighted by molar-refractivity contribution is 5.90. The number of hydrogen-bond acceptors (Lipinski definition) is 3. The SMILES string of the molecule is C=C(F)C(=O)N1CCN(C(C)(C)C)C[C@@H]1CC#N. The summed E-state index contributed by atoms with van der Waals surface area (Å²) < 4.78 is 12.9. The van der Waals surface area contributed by atoms with Crippen LogP contribution >= 0.6 is 0 Å². The summed E-state index contributed by atoms with van der Waals surface area (Å²) in [6.07, 6.45) is 0.214. The van der Waals surface area contributed by atoms with E-state index in [1.165, 1.54) is 4.90 Å². The fourth-order valence-corrected chi connectivity index (χ4v) is 2.17. The van der Waals surface area contributed by atoms with Crippen LogP contribution in [0.15, 0.2) is 12.4 Å². The molecule has 0 radical (unpaired) electrons. The van der Waals surface area contributed by atoms with E-state index in [4.69, 9.17) is 5.26 Å².